The number of anilines is 1. The van der Waals surface area contributed by atoms with Crippen LogP contribution in [0.1, 0.15) is 11.1 Å². The lowest BCUT2D eigenvalue weighted by Gasteiger charge is -2.07. The lowest BCUT2D eigenvalue weighted by atomic mass is 10.2. The maximum atomic E-state index is 10.7. The monoisotopic (exact) mass is 352 g/mol. The molecule has 0 saturated heterocycles. The first-order chi connectivity index (χ1) is 9.47. The maximum Gasteiger partial charge on any atom is 0.270 e. The van der Waals surface area contributed by atoms with Crippen LogP contribution in [0.2, 0.25) is 0 Å². The molecule has 2 aromatic rings. The van der Waals surface area contributed by atoms with Crippen molar-refractivity contribution in [3.63, 3.8) is 0 Å². The van der Waals surface area contributed by atoms with Crippen LogP contribution < -0.4 is 5.73 Å². The van der Waals surface area contributed by atoms with Crippen molar-refractivity contribution in [3.8, 4) is 0 Å². The zero-order valence-electron chi connectivity index (χ0n) is 10.8. The van der Waals surface area contributed by atoms with Gasteiger partial charge in [0.15, 0.2) is 0 Å². The predicted octanol–water partition coefficient (Wildman–Crippen LogP) is 4.54. The first-order valence-electron chi connectivity index (χ1n) is 5.89. The van der Waals surface area contributed by atoms with E-state index in [1.54, 1.807) is 17.8 Å². The molecule has 0 unspecified atom stereocenters. The largest absolute Gasteiger partial charge is 0.398 e. The van der Waals surface area contributed by atoms with Gasteiger partial charge in [-0.2, -0.15) is 0 Å². The minimum Gasteiger partial charge on any atom is -0.398 e. The molecule has 0 radical (unpaired) electrons. The predicted molar refractivity (Wildman–Crippen MR) is 85.9 cm³/mol. The van der Waals surface area contributed by atoms with Gasteiger partial charge in [-0.25, -0.2) is 0 Å². The van der Waals surface area contributed by atoms with Crippen molar-refractivity contribution in [2.45, 2.75) is 17.6 Å². The Balaban J connectivity index is 2.13. The summed E-state index contributed by atoms with van der Waals surface area (Å²) in [5.41, 5.74) is 8.94. The van der Waals surface area contributed by atoms with Gasteiger partial charge in [0.05, 0.1) is 4.92 Å². The van der Waals surface area contributed by atoms with Crippen molar-refractivity contribution in [1.82, 2.24) is 0 Å². The van der Waals surface area contributed by atoms with Gasteiger partial charge in [-0.1, -0.05) is 28.1 Å². The molecule has 0 fully saturated rings. The smallest absolute Gasteiger partial charge is 0.270 e. The number of nitro benzene ring substituents is 1. The molecular weight excluding hydrogens is 340 g/mol. The summed E-state index contributed by atoms with van der Waals surface area (Å²) in [6.07, 6.45) is 0. The zero-order chi connectivity index (χ0) is 14.7. The number of thioether (sulfide) groups is 1. The fraction of sp³-hybridized carbons (Fsp3) is 0.143. The third-order valence-corrected chi connectivity index (χ3v) is 4.67. The molecule has 2 aromatic carbocycles. The van der Waals surface area contributed by atoms with Gasteiger partial charge < -0.3 is 5.73 Å². The summed E-state index contributed by atoms with van der Waals surface area (Å²) < 4.78 is 0.741. The van der Waals surface area contributed by atoms with Gasteiger partial charge in [0.25, 0.3) is 5.69 Å². The highest BCUT2D eigenvalue weighted by Crippen LogP contribution is 2.32. The first kappa shape index (κ1) is 14.9. The van der Waals surface area contributed by atoms with Crippen LogP contribution in [0.25, 0.3) is 0 Å². The fourth-order valence-electron chi connectivity index (χ4n) is 1.72. The molecule has 0 heterocycles. The average Bonchev–Trinajstić information content (AvgIpc) is 2.38. The minimum absolute atomic E-state index is 0.0838. The standard InChI is InChI=1S/C14H13BrN2O2S/c1-9-2-5-14(13(16)6-9)20-8-10-3-4-11(17(18)19)7-12(10)15/h2-7H,8,16H2,1H3. The van der Waals surface area contributed by atoms with Crippen molar-refractivity contribution in [2.24, 2.45) is 0 Å². The second-order valence-electron chi connectivity index (χ2n) is 4.36. The maximum absolute atomic E-state index is 10.7. The number of non-ortho nitro benzene ring substituents is 1. The van der Waals surface area contributed by atoms with Crippen molar-refractivity contribution >= 4 is 39.1 Å². The Bertz CT molecular complexity index is 662. The van der Waals surface area contributed by atoms with Gasteiger partial charge in [0.2, 0.25) is 0 Å². The lowest BCUT2D eigenvalue weighted by molar-refractivity contribution is -0.384. The molecule has 6 heteroatoms. The second kappa shape index (κ2) is 6.28. The van der Waals surface area contributed by atoms with E-state index in [-0.39, 0.29) is 5.69 Å². The molecule has 0 atom stereocenters. The van der Waals surface area contributed by atoms with Crippen molar-refractivity contribution < 1.29 is 4.92 Å². The Morgan fingerprint density at radius 2 is 2.05 bits per heavy atom. The number of benzene rings is 2. The van der Waals surface area contributed by atoms with E-state index >= 15 is 0 Å². The number of hydrogen-bond donors (Lipinski definition) is 1. The quantitative estimate of drug-likeness (QED) is 0.379. The molecule has 2 N–H and O–H groups in total. The number of nitrogens with zero attached hydrogens (tertiary/aromatic N) is 1. The molecule has 4 nitrogen and oxygen atoms in total. The van der Waals surface area contributed by atoms with E-state index in [0.717, 1.165) is 26.2 Å². The normalized spacial score (nSPS) is 10.5. The molecule has 0 aliphatic carbocycles. The highest BCUT2D eigenvalue weighted by molar-refractivity contribution is 9.10. The number of nitro groups is 1. The summed E-state index contributed by atoms with van der Waals surface area (Å²) in [5.74, 6) is 0.700. The highest BCUT2D eigenvalue weighted by Gasteiger charge is 2.10. The Labute approximate surface area is 129 Å². The van der Waals surface area contributed by atoms with Crippen LogP contribution in [0.3, 0.4) is 0 Å². The summed E-state index contributed by atoms with van der Waals surface area (Å²) >= 11 is 4.98. The SMILES string of the molecule is Cc1ccc(SCc2ccc([N+](=O)[O-])cc2Br)c(N)c1. The summed E-state index contributed by atoms with van der Waals surface area (Å²) in [6, 6.07) is 10.7. The molecular formula is C14H13BrN2O2S. The zero-order valence-corrected chi connectivity index (χ0v) is 13.2. The number of nitrogens with two attached hydrogens (primary N) is 1. The fourth-order valence-corrected chi connectivity index (χ4v) is 3.37. The van der Waals surface area contributed by atoms with E-state index in [1.807, 2.05) is 25.1 Å². The number of rotatable bonds is 4. The van der Waals surface area contributed by atoms with E-state index in [0.29, 0.717) is 5.75 Å². The van der Waals surface area contributed by atoms with E-state index in [4.69, 9.17) is 5.73 Å². The summed E-state index contributed by atoms with van der Waals surface area (Å²) in [7, 11) is 0. The third kappa shape index (κ3) is 3.52. The number of hydrogen-bond acceptors (Lipinski definition) is 4. The molecule has 104 valence electrons. The van der Waals surface area contributed by atoms with Crippen LogP contribution in [-0.4, -0.2) is 4.92 Å². The van der Waals surface area contributed by atoms with E-state index in [1.165, 1.54) is 12.1 Å². The van der Waals surface area contributed by atoms with Crippen LogP contribution in [0.15, 0.2) is 45.8 Å². The molecule has 0 saturated carbocycles. The van der Waals surface area contributed by atoms with Crippen LogP contribution in [0, 0.1) is 17.0 Å². The number of aryl methyl sites for hydroxylation is 1. The molecule has 0 aromatic heterocycles. The lowest BCUT2D eigenvalue weighted by Crippen LogP contribution is -1.92. The average molecular weight is 353 g/mol. The van der Waals surface area contributed by atoms with Crippen molar-refractivity contribution in [3.05, 3.63) is 62.1 Å². The highest BCUT2D eigenvalue weighted by atomic mass is 79.9. The Hall–Kier alpha value is -1.53. The molecule has 0 aliphatic rings. The molecule has 2 rings (SSSR count). The molecule has 20 heavy (non-hydrogen) atoms. The molecule has 0 aliphatic heterocycles. The third-order valence-electron chi connectivity index (χ3n) is 2.80. The Morgan fingerprint density at radius 1 is 1.30 bits per heavy atom. The van der Waals surface area contributed by atoms with Gasteiger partial charge in [-0.3, -0.25) is 10.1 Å². The van der Waals surface area contributed by atoms with Crippen LogP contribution >= 0.6 is 27.7 Å². The minimum atomic E-state index is -0.403. The Kier molecular flexibility index (Phi) is 4.67. The van der Waals surface area contributed by atoms with Crippen molar-refractivity contribution in [2.75, 3.05) is 5.73 Å². The van der Waals surface area contributed by atoms with Crippen LogP contribution in [0.4, 0.5) is 11.4 Å². The van der Waals surface area contributed by atoms with E-state index < -0.39 is 4.92 Å². The van der Waals surface area contributed by atoms with Gasteiger partial charge in [0.1, 0.15) is 0 Å². The molecule has 0 spiro atoms. The molecule has 0 amide bonds. The number of halogens is 1. The van der Waals surface area contributed by atoms with E-state index in [9.17, 15) is 10.1 Å². The number of nitrogen functional groups attached to an aromatic ring is 1. The van der Waals surface area contributed by atoms with Crippen LogP contribution in [0.5, 0.6) is 0 Å². The van der Waals surface area contributed by atoms with Gasteiger partial charge in [-0.15, -0.1) is 11.8 Å². The van der Waals surface area contributed by atoms with Gasteiger partial charge in [-0.05, 0) is 30.2 Å². The van der Waals surface area contributed by atoms with Crippen molar-refractivity contribution in [1.29, 1.82) is 0 Å². The second-order valence-corrected chi connectivity index (χ2v) is 6.23. The summed E-state index contributed by atoms with van der Waals surface area (Å²) in [5, 5.41) is 10.7. The Morgan fingerprint density at radius 3 is 2.65 bits per heavy atom. The van der Waals surface area contributed by atoms with E-state index in [2.05, 4.69) is 15.9 Å². The van der Waals surface area contributed by atoms with Crippen LogP contribution in [-0.2, 0) is 5.75 Å². The van der Waals surface area contributed by atoms with Gasteiger partial charge >= 0.3 is 0 Å². The topological polar surface area (TPSA) is 69.2 Å². The van der Waals surface area contributed by atoms with Gasteiger partial charge in [0, 0.05) is 32.9 Å². The summed E-state index contributed by atoms with van der Waals surface area (Å²) in [6.45, 7) is 2.00. The molecule has 0 bridgehead atoms. The summed E-state index contributed by atoms with van der Waals surface area (Å²) in [4.78, 5) is 11.3. The first-order valence-corrected chi connectivity index (χ1v) is 7.67.